The molecule has 15 heavy (non-hydrogen) atoms. The quantitative estimate of drug-likeness (QED) is 0.531. The van der Waals surface area contributed by atoms with Gasteiger partial charge in [-0.15, -0.1) is 0 Å². The standard InChI is InChI=1S/C15H32/c1-11(2)13(5)9-8-10-14(6)15(7)12(3)4/h11-15H,8-10H2,1-7H3. The van der Waals surface area contributed by atoms with Gasteiger partial charge in [0.15, 0.2) is 0 Å². The maximum Gasteiger partial charge on any atom is -0.0394 e. The Hall–Kier alpha value is 0. The van der Waals surface area contributed by atoms with Crippen molar-refractivity contribution >= 4 is 0 Å². The van der Waals surface area contributed by atoms with E-state index in [1.807, 2.05) is 0 Å². The smallest absolute Gasteiger partial charge is 0.0394 e. The molecule has 0 nitrogen and oxygen atoms in total. The van der Waals surface area contributed by atoms with E-state index in [1.165, 1.54) is 19.3 Å². The van der Waals surface area contributed by atoms with E-state index in [2.05, 4.69) is 48.5 Å². The van der Waals surface area contributed by atoms with Gasteiger partial charge >= 0.3 is 0 Å². The van der Waals surface area contributed by atoms with Crippen LogP contribution in [0, 0.1) is 29.6 Å². The van der Waals surface area contributed by atoms with Crippen LogP contribution in [0.2, 0.25) is 0 Å². The summed E-state index contributed by atoms with van der Waals surface area (Å²) in [5.74, 6) is 4.35. The van der Waals surface area contributed by atoms with Crippen molar-refractivity contribution in [2.24, 2.45) is 29.6 Å². The summed E-state index contributed by atoms with van der Waals surface area (Å²) in [6, 6.07) is 0. The van der Waals surface area contributed by atoms with Gasteiger partial charge in [0, 0.05) is 0 Å². The van der Waals surface area contributed by atoms with Crippen molar-refractivity contribution in [1.29, 1.82) is 0 Å². The molecule has 0 aliphatic carbocycles. The van der Waals surface area contributed by atoms with Crippen molar-refractivity contribution < 1.29 is 0 Å². The Morgan fingerprint density at radius 3 is 1.47 bits per heavy atom. The van der Waals surface area contributed by atoms with E-state index in [-0.39, 0.29) is 0 Å². The van der Waals surface area contributed by atoms with Gasteiger partial charge in [-0.1, -0.05) is 67.7 Å². The first kappa shape index (κ1) is 15.0. The van der Waals surface area contributed by atoms with Crippen molar-refractivity contribution in [3.8, 4) is 0 Å². The van der Waals surface area contributed by atoms with Crippen LogP contribution in [0.1, 0.15) is 67.7 Å². The SMILES string of the molecule is CC(C)C(C)CCCC(C)C(C)C(C)C. The lowest BCUT2D eigenvalue weighted by Crippen LogP contribution is -2.14. The third kappa shape index (κ3) is 6.22. The van der Waals surface area contributed by atoms with E-state index in [9.17, 15) is 0 Å². The minimum atomic E-state index is 0.836. The predicted octanol–water partition coefficient (Wildman–Crippen LogP) is 5.38. The lowest BCUT2D eigenvalue weighted by atomic mass is 9.82. The van der Waals surface area contributed by atoms with Gasteiger partial charge in [0.2, 0.25) is 0 Å². The van der Waals surface area contributed by atoms with Gasteiger partial charge in [0.1, 0.15) is 0 Å². The molecule has 0 rings (SSSR count). The van der Waals surface area contributed by atoms with Crippen LogP contribution in [0.5, 0.6) is 0 Å². The number of hydrogen-bond acceptors (Lipinski definition) is 0. The fourth-order valence-electron chi connectivity index (χ4n) is 2.02. The molecular weight excluding hydrogens is 180 g/mol. The second-order valence-corrected chi connectivity index (χ2v) is 6.23. The summed E-state index contributed by atoms with van der Waals surface area (Å²) < 4.78 is 0. The first-order valence-electron chi connectivity index (χ1n) is 6.86. The van der Waals surface area contributed by atoms with Crippen molar-refractivity contribution in [1.82, 2.24) is 0 Å². The Kier molecular flexibility index (Phi) is 7.30. The third-order valence-corrected chi connectivity index (χ3v) is 4.41. The van der Waals surface area contributed by atoms with Crippen LogP contribution in [-0.2, 0) is 0 Å². The van der Waals surface area contributed by atoms with E-state index in [4.69, 9.17) is 0 Å². The van der Waals surface area contributed by atoms with E-state index in [1.54, 1.807) is 0 Å². The zero-order valence-corrected chi connectivity index (χ0v) is 12.0. The molecule has 92 valence electrons. The fraction of sp³-hybridized carbons (Fsp3) is 1.00. The van der Waals surface area contributed by atoms with Crippen LogP contribution >= 0.6 is 0 Å². The summed E-state index contributed by atoms with van der Waals surface area (Å²) in [4.78, 5) is 0. The van der Waals surface area contributed by atoms with Crippen LogP contribution in [0.4, 0.5) is 0 Å². The number of rotatable bonds is 7. The molecule has 0 heterocycles. The molecule has 0 aromatic carbocycles. The van der Waals surface area contributed by atoms with Gasteiger partial charge in [0.05, 0.1) is 0 Å². The van der Waals surface area contributed by atoms with Crippen molar-refractivity contribution in [2.75, 3.05) is 0 Å². The van der Waals surface area contributed by atoms with Crippen LogP contribution in [0.25, 0.3) is 0 Å². The first-order valence-corrected chi connectivity index (χ1v) is 6.86. The third-order valence-electron chi connectivity index (χ3n) is 4.41. The minimum absolute atomic E-state index is 0.836. The number of hydrogen-bond donors (Lipinski definition) is 0. The molecule has 0 aromatic heterocycles. The minimum Gasteiger partial charge on any atom is -0.0625 e. The van der Waals surface area contributed by atoms with E-state index in [0.29, 0.717) is 0 Å². The second kappa shape index (κ2) is 7.30. The zero-order chi connectivity index (χ0) is 12.0. The average molecular weight is 212 g/mol. The molecule has 0 aliphatic heterocycles. The summed E-state index contributed by atoms with van der Waals surface area (Å²) >= 11 is 0. The molecule has 0 N–H and O–H groups in total. The Bertz CT molecular complexity index is 146. The largest absolute Gasteiger partial charge is 0.0625 e. The molecule has 3 unspecified atom stereocenters. The Morgan fingerprint density at radius 1 is 0.600 bits per heavy atom. The highest BCUT2D eigenvalue weighted by Crippen LogP contribution is 2.26. The van der Waals surface area contributed by atoms with E-state index >= 15 is 0 Å². The van der Waals surface area contributed by atoms with Gasteiger partial charge in [-0.3, -0.25) is 0 Å². The molecule has 0 saturated carbocycles. The summed E-state index contributed by atoms with van der Waals surface area (Å²) in [7, 11) is 0. The van der Waals surface area contributed by atoms with Gasteiger partial charge in [-0.2, -0.15) is 0 Å². The molecular formula is C15H32. The van der Waals surface area contributed by atoms with Crippen molar-refractivity contribution in [3.05, 3.63) is 0 Å². The second-order valence-electron chi connectivity index (χ2n) is 6.23. The van der Waals surface area contributed by atoms with Crippen molar-refractivity contribution in [2.45, 2.75) is 67.7 Å². The molecule has 0 fully saturated rings. The van der Waals surface area contributed by atoms with Gasteiger partial charge < -0.3 is 0 Å². The molecule has 0 spiro atoms. The Balaban J connectivity index is 3.67. The highest BCUT2D eigenvalue weighted by atomic mass is 14.2. The molecule has 0 heteroatoms. The Morgan fingerprint density at radius 2 is 1.07 bits per heavy atom. The molecule has 0 bridgehead atoms. The molecule has 0 amide bonds. The van der Waals surface area contributed by atoms with Gasteiger partial charge in [-0.05, 0) is 29.6 Å². The van der Waals surface area contributed by atoms with E-state index in [0.717, 1.165) is 29.6 Å². The van der Waals surface area contributed by atoms with Crippen molar-refractivity contribution in [3.63, 3.8) is 0 Å². The molecule has 0 aromatic rings. The van der Waals surface area contributed by atoms with Crippen LogP contribution in [-0.4, -0.2) is 0 Å². The maximum atomic E-state index is 2.42. The van der Waals surface area contributed by atoms with E-state index < -0.39 is 0 Å². The van der Waals surface area contributed by atoms with Gasteiger partial charge in [-0.25, -0.2) is 0 Å². The summed E-state index contributed by atoms with van der Waals surface area (Å²) in [5.41, 5.74) is 0. The topological polar surface area (TPSA) is 0 Å². The molecule has 0 radical (unpaired) electrons. The van der Waals surface area contributed by atoms with Crippen LogP contribution in [0.3, 0.4) is 0 Å². The highest BCUT2D eigenvalue weighted by molar-refractivity contribution is 4.66. The fourth-order valence-corrected chi connectivity index (χ4v) is 2.02. The molecule has 3 atom stereocenters. The Labute approximate surface area is 97.8 Å². The molecule has 0 saturated heterocycles. The predicted molar refractivity (Wildman–Crippen MR) is 71.0 cm³/mol. The van der Waals surface area contributed by atoms with Crippen LogP contribution < -0.4 is 0 Å². The summed E-state index contributed by atoms with van der Waals surface area (Å²) in [6.45, 7) is 16.6. The normalized spacial score (nSPS) is 18.2. The summed E-state index contributed by atoms with van der Waals surface area (Å²) in [5, 5.41) is 0. The van der Waals surface area contributed by atoms with Gasteiger partial charge in [0.25, 0.3) is 0 Å². The highest BCUT2D eigenvalue weighted by Gasteiger charge is 2.16. The summed E-state index contributed by atoms with van der Waals surface area (Å²) in [6.07, 6.45) is 4.24. The monoisotopic (exact) mass is 212 g/mol. The maximum absolute atomic E-state index is 2.42. The molecule has 0 aliphatic rings. The average Bonchev–Trinajstić information content (AvgIpc) is 2.15. The lowest BCUT2D eigenvalue weighted by molar-refractivity contribution is 0.265. The first-order chi connectivity index (χ1) is 6.86. The lowest BCUT2D eigenvalue weighted by Gasteiger charge is -2.24. The van der Waals surface area contributed by atoms with Crippen LogP contribution in [0.15, 0.2) is 0 Å². The zero-order valence-electron chi connectivity index (χ0n) is 12.0.